The molecule has 2 aliphatic rings. The third kappa shape index (κ3) is 4.93. The molecule has 2 saturated heterocycles. The smallest absolute Gasteiger partial charge is 0.236 e. The van der Waals surface area contributed by atoms with Gasteiger partial charge in [0.15, 0.2) is 0 Å². The van der Waals surface area contributed by atoms with Crippen molar-refractivity contribution in [1.29, 1.82) is 0 Å². The second kappa shape index (κ2) is 8.13. The molecule has 5 heteroatoms. The van der Waals surface area contributed by atoms with E-state index in [9.17, 15) is 9.59 Å². The Morgan fingerprint density at radius 1 is 0.870 bits per heavy atom. The van der Waals surface area contributed by atoms with Gasteiger partial charge >= 0.3 is 0 Å². The number of hydrogen-bond donors (Lipinski definition) is 0. The Hall–Kier alpha value is -1.10. The molecule has 2 amide bonds. The lowest BCUT2D eigenvalue weighted by atomic mass is 9.87. The third-order valence-electron chi connectivity index (χ3n) is 5.37. The molecule has 132 valence electrons. The van der Waals surface area contributed by atoms with E-state index in [0.717, 1.165) is 24.9 Å². The topological polar surface area (TPSA) is 43.9 Å². The van der Waals surface area contributed by atoms with Crippen LogP contribution < -0.4 is 0 Å². The number of carbonyl (C=O) groups is 2. The molecule has 0 unspecified atom stereocenters. The van der Waals surface area contributed by atoms with E-state index >= 15 is 0 Å². The maximum Gasteiger partial charge on any atom is 0.236 e. The number of likely N-dealkylation sites (tertiary alicyclic amines) is 1. The highest BCUT2D eigenvalue weighted by atomic mass is 16.2. The number of carbonyl (C=O) groups excluding carboxylic acids is 2. The number of hydrogen-bond acceptors (Lipinski definition) is 3. The molecule has 2 fully saturated rings. The van der Waals surface area contributed by atoms with Crippen LogP contribution in [0, 0.1) is 17.8 Å². The fraction of sp³-hybridized carbons (Fsp3) is 0.889. The van der Waals surface area contributed by atoms with Crippen LogP contribution in [0.3, 0.4) is 0 Å². The number of piperidine rings is 1. The zero-order valence-electron chi connectivity index (χ0n) is 15.3. The molecule has 0 radical (unpaired) electrons. The number of piperazine rings is 1. The second-order valence-electron chi connectivity index (χ2n) is 7.72. The average Bonchev–Trinajstić information content (AvgIpc) is 2.54. The van der Waals surface area contributed by atoms with Gasteiger partial charge in [0, 0.05) is 32.1 Å². The highest BCUT2D eigenvalue weighted by Crippen LogP contribution is 2.24. The summed E-state index contributed by atoms with van der Waals surface area (Å²) in [6, 6.07) is 0. The minimum atomic E-state index is 0.0412. The van der Waals surface area contributed by atoms with Crippen molar-refractivity contribution >= 4 is 11.8 Å². The Labute approximate surface area is 141 Å². The maximum atomic E-state index is 12.5. The molecule has 0 aromatic carbocycles. The van der Waals surface area contributed by atoms with E-state index in [1.807, 2.05) is 23.6 Å². The number of rotatable bonds is 4. The first-order valence-electron chi connectivity index (χ1n) is 9.17. The minimum absolute atomic E-state index is 0.0412. The van der Waals surface area contributed by atoms with Gasteiger partial charge < -0.3 is 9.80 Å². The predicted octanol–water partition coefficient (Wildman–Crippen LogP) is 1.68. The highest BCUT2D eigenvalue weighted by Gasteiger charge is 2.28. The largest absolute Gasteiger partial charge is 0.339 e. The summed E-state index contributed by atoms with van der Waals surface area (Å²) in [5, 5.41) is 0. The van der Waals surface area contributed by atoms with E-state index in [0.29, 0.717) is 32.7 Å². The first kappa shape index (κ1) is 18.2. The molecule has 2 rings (SSSR count). The zero-order valence-corrected chi connectivity index (χ0v) is 15.3. The Morgan fingerprint density at radius 2 is 1.39 bits per heavy atom. The molecule has 0 saturated carbocycles. The lowest BCUT2D eigenvalue weighted by Crippen LogP contribution is -2.53. The second-order valence-corrected chi connectivity index (χ2v) is 7.72. The molecule has 0 spiro atoms. The van der Waals surface area contributed by atoms with Crippen LogP contribution in [0.4, 0.5) is 0 Å². The number of amides is 2. The van der Waals surface area contributed by atoms with Gasteiger partial charge in [-0.05, 0) is 37.8 Å². The molecule has 0 aromatic rings. The monoisotopic (exact) mass is 323 g/mol. The fourth-order valence-corrected chi connectivity index (χ4v) is 3.61. The quantitative estimate of drug-likeness (QED) is 0.791. The summed E-state index contributed by atoms with van der Waals surface area (Å²) in [4.78, 5) is 30.6. The van der Waals surface area contributed by atoms with Crippen LogP contribution in [0.5, 0.6) is 0 Å². The molecule has 0 atom stereocenters. The Bertz CT molecular complexity index is 406. The van der Waals surface area contributed by atoms with Crippen LogP contribution in [0.1, 0.15) is 40.5 Å². The van der Waals surface area contributed by atoms with Crippen molar-refractivity contribution in [2.75, 3.05) is 45.8 Å². The van der Waals surface area contributed by atoms with Crippen LogP contribution in [-0.2, 0) is 9.59 Å². The van der Waals surface area contributed by atoms with Crippen LogP contribution in [0.25, 0.3) is 0 Å². The Morgan fingerprint density at radius 3 is 1.87 bits per heavy atom. The molecular formula is C18H33N3O2. The van der Waals surface area contributed by atoms with Gasteiger partial charge in [-0.2, -0.15) is 0 Å². The summed E-state index contributed by atoms with van der Waals surface area (Å²) in [7, 11) is 0. The molecule has 2 aliphatic heterocycles. The molecule has 23 heavy (non-hydrogen) atoms. The van der Waals surface area contributed by atoms with E-state index in [4.69, 9.17) is 0 Å². The Kier molecular flexibility index (Phi) is 6.45. The van der Waals surface area contributed by atoms with Crippen molar-refractivity contribution in [3.05, 3.63) is 0 Å². The van der Waals surface area contributed by atoms with Crippen molar-refractivity contribution in [3.8, 4) is 0 Å². The van der Waals surface area contributed by atoms with Gasteiger partial charge in [0.2, 0.25) is 11.8 Å². The molecule has 0 bridgehead atoms. The Balaban J connectivity index is 1.73. The van der Waals surface area contributed by atoms with E-state index in [1.165, 1.54) is 12.8 Å². The average molecular weight is 323 g/mol. The first-order chi connectivity index (χ1) is 10.9. The highest BCUT2D eigenvalue weighted by molar-refractivity contribution is 5.80. The number of nitrogens with zero attached hydrogens (tertiary/aromatic N) is 3. The molecule has 0 aromatic heterocycles. The van der Waals surface area contributed by atoms with Gasteiger partial charge in [0.25, 0.3) is 0 Å². The lowest BCUT2D eigenvalue weighted by molar-refractivity contribution is -0.142. The van der Waals surface area contributed by atoms with Gasteiger partial charge in [-0.3, -0.25) is 14.5 Å². The van der Waals surface area contributed by atoms with Gasteiger partial charge in [0.1, 0.15) is 0 Å². The van der Waals surface area contributed by atoms with Crippen molar-refractivity contribution in [2.45, 2.75) is 40.5 Å². The van der Waals surface area contributed by atoms with E-state index in [1.54, 1.807) is 0 Å². The van der Waals surface area contributed by atoms with E-state index in [2.05, 4.69) is 18.7 Å². The molecular weight excluding hydrogens is 290 g/mol. The van der Waals surface area contributed by atoms with Crippen molar-refractivity contribution < 1.29 is 9.59 Å². The summed E-state index contributed by atoms with van der Waals surface area (Å²) in [5.41, 5.74) is 0. The summed E-state index contributed by atoms with van der Waals surface area (Å²) in [5.74, 6) is 2.03. The standard InChI is InChI=1S/C18H33N3O2/c1-14(2)16-5-7-19(8-6-16)13-17(22)20-9-11-21(12-10-20)18(23)15(3)4/h14-16H,5-13H2,1-4H3. The first-order valence-corrected chi connectivity index (χ1v) is 9.17. The van der Waals surface area contributed by atoms with Gasteiger partial charge in [-0.25, -0.2) is 0 Å². The van der Waals surface area contributed by atoms with Crippen LogP contribution in [0.15, 0.2) is 0 Å². The SMILES string of the molecule is CC(C)C(=O)N1CCN(C(=O)CN2CCC(C(C)C)CC2)CC1. The van der Waals surface area contributed by atoms with E-state index in [-0.39, 0.29) is 17.7 Å². The van der Waals surface area contributed by atoms with Gasteiger partial charge in [-0.15, -0.1) is 0 Å². The fourth-order valence-electron chi connectivity index (χ4n) is 3.61. The third-order valence-corrected chi connectivity index (χ3v) is 5.37. The molecule has 2 heterocycles. The normalized spacial score (nSPS) is 21.3. The maximum absolute atomic E-state index is 12.5. The molecule has 0 aliphatic carbocycles. The van der Waals surface area contributed by atoms with Crippen LogP contribution >= 0.6 is 0 Å². The minimum Gasteiger partial charge on any atom is -0.339 e. The molecule has 5 nitrogen and oxygen atoms in total. The van der Waals surface area contributed by atoms with Crippen molar-refractivity contribution in [1.82, 2.24) is 14.7 Å². The van der Waals surface area contributed by atoms with Gasteiger partial charge in [-0.1, -0.05) is 27.7 Å². The van der Waals surface area contributed by atoms with Crippen LogP contribution in [0.2, 0.25) is 0 Å². The van der Waals surface area contributed by atoms with Crippen molar-refractivity contribution in [3.63, 3.8) is 0 Å². The summed E-state index contributed by atoms with van der Waals surface area (Å²) in [6.07, 6.45) is 2.42. The van der Waals surface area contributed by atoms with Gasteiger partial charge in [0.05, 0.1) is 6.54 Å². The summed E-state index contributed by atoms with van der Waals surface area (Å²) >= 11 is 0. The summed E-state index contributed by atoms with van der Waals surface area (Å²) < 4.78 is 0. The van der Waals surface area contributed by atoms with Crippen molar-refractivity contribution in [2.24, 2.45) is 17.8 Å². The molecule has 0 N–H and O–H groups in total. The predicted molar refractivity (Wildman–Crippen MR) is 92.0 cm³/mol. The summed E-state index contributed by atoms with van der Waals surface area (Å²) in [6.45, 7) is 13.8. The lowest BCUT2D eigenvalue weighted by Gasteiger charge is -2.38. The van der Waals surface area contributed by atoms with Crippen LogP contribution in [-0.4, -0.2) is 72.3 Å². The van der Waals surface area contributed by atoms with E-state index < -0.39 is 0 Å². The zero-order chi connectivity index (χ0) is 17.0.